The van der Waals surface area contributed by atoms with Crippen LogP contribution in [0.5, 0.6) is 28.9 Å². The summed E-state index contributed by atoms with van der Waals surface area (Å²) >= 11 is 0. The highest BCUT2D eigenvalue weighted by Gasteiger charge is 2.11. The minimum Gasteiger partial charge on any atom is -0.494 e. The smallest absolute Gasteiger partial charge is 0.224 e. The monoisotopic (exact) mass is 436 g/mol. The number of benzene rings is 2. The van der Waals surface area contributed by atoms with Crippen LogP contribution in [-0.2, 0) is 17.8 Å². The molecule has 7 heteroatoms. The van der Waals surface area contributed by atoms with Crippen molar-refractivity contribution in [3.05, 3.63) is 71.9 Å². The number of pyridine rings is 1. The molecule has 0 radical (unpaired) electrons. The molecule has 0 bridgehead atoms. The number of hydrogen-bond acceptors (Lipinski definition) is 6. The van der Waals surface area contributed by atoms with E-state index in [4.69, 9.17) is 18.9 Å². The van der Waals surface area contributed by atoms with Crippen LogP contribution in [0, 0.1) is 0 Å². The first-order valence-corrected chi connectivity index (χ1v) is 10.4. The van der Waals surface area contributed by atoms with E-state index in [2.05, 4.69) is 17.2 Å². The molecule has 3 aromatic rings. The number of rotatable bonds is 11. The highest BCUT2D eigenvalue weighted by atomic mass is 16.5. The summed E-state index contributed by atoms with van der Waals surface area (Å²) in [5.41, 5.74) is 1.60. The van der Waals surface area contributed by atoms with Crippen LogP contribution in [0.1, 0.15) is 24.5 Å². The van der Waals surface area contributed by atoms with Crippen molar-refractivity contribution in [2.75, 3.05) is 20.8 Å². The Morgan fingerprint density at radius 1 is 0.969 bits per heavy atom. The number of aromatic nitrogens is 1. The Morgan fingerprint density at radius 3 is 2.44 bits per heavy atom. The number of amides is 1. The molecular weight excluding hydrogens is 408 g/mol. The zero-order valence-corrected chi connectivity index (χ0v) is 18.6. The van der Waals surface area contributed by atoms with Crippen molar-refractivity contribution in [1.82, 2.24) is 10.3 Å². The van der Waals surface area contributed by atoms with Crippen LogP contribution in [0.2, 0.25) is 0 Å². The second-order valence-electron chi connectivity index (χ2n) is 7.03. The van der Waals surface area contributed by atoms with Gasteiger partial charge < -0.3 is 24.3 Å². The zero-order valence-electron chi connectivity index (χ0n) is 18.6. The quantitative estimate of drug-likeness (QED) is 0.475. The molecule has 3 rings (SSSR count). The van der Waals surface area contributed by atoms with Crippen molar-refractivity contribution in [2.45, 2.75) is 26.3 Å². The van der Waals surface area contributed by atoms with Gasteiger partial charge in [0.1, 0.15) is 11.5 Å². The van der Waals surface area contributed by atoms with E-state index in [0.717, 1.165) is 23.3 Å². The topological polar surface area (TPSA) is 78.9 Å². The average Bonchev–Trinajstić information content (AvgIpc) is 2.83. The summed E-state index contributed by atoms with van der Waals surface area (Å²) in [5, 5.41) is 2.92. The van der Waals surface area contributed by atoms with Gasteiger partial charge in [0.2, 0.25) is 11.8 Å². The normalized spacial score (nSPS) is 10.3. The third-order valence-corrected chi connectivity index (χ3v) is 4.65. The Bertz CT molecular complexity index is 1020. The molecule has 7 nitrogen and oxygen atoms in total. The molecule has 2 aromatic carbocycles. The lowest BCUT2D eigenvalue weighted by Crippen LogP contribution is -2.24. The van der Waals surface area contributed by atoms with Crippen LogP contribution in [0.15, 0.2) is 60.8 Å². The molecule has 1 aromatic heterocycles. The fourth-order valence-electron chi connectivity index (χ4n) is 3.02. The van der Waals surface area contributed by atoms with Gasteiger partial charge in [0.15, 0.2) is 11.5 Å². The van der Waals surface area contributed by atoms with E-state index in [9.17, 15) is 4.79 Å². The first-order valence-electron chi connectivity index (χ1n) is 10.4. The van der Waals surface area contributed by atoms with Crippen LogP contribution in [0.4, 0.5) is 0 Å². The standard InChI is InChI=1S/C25H28N2O5/c1-4-14-31-20-8-10-21(11-9-20)32-25-19(6-5-13-26-25)17-27-24(28)16-18-7-12-22(29-2)23(15-18)30-3/h5-13,15H,4,14,16-17H2,1-3H3,(H,27,28). The number of carbonyl (C=O) groups is 1. The second kappa shape index (κ2) is 11.6. The van der Waals surface area contributed by atoms with Gasteiger partial charge in [-0.2, -0.15) is 0 Å². The Hall–Kier alpha value is -3.74. The van der Waals surface area contributed by atoms with E-state index in [0.29, 0.717) is 36.3 Å². The number of methoxy groups -OCH3 is 2. The third kappa shape index (κ3) is 6.38. The minimum atomic E-state index is -0.121. The molecule has 0 fully saturated rings. The summed E-state index contributed by atoms with van der Waals surface area (Å²) in [4.78, 5) is 16.8. The lowest BCUT2D eigenvalue weighted by atomic mass is 10.1. The highest BCUT2D eigenvalue weighted by Crippen LogP contribution is 2.28. The maximum absolute atomic E-state index is 12.5. The van der Waals surface area contributed by atoms with Crippen molar-refractivity contribution in [2.24, 2.45) is 0 Å². The molecule has 168 valence electrons. The molecule has 0 saturated carbocycles. The molecule has 0 atom stereocenters. The van der Waals surface area contributed by atoms with Gasteiger partial charge in [0.25, 0.3) is 0 Å². The van der Waals surface area contributed by atoms with Crippen molar-refractivity contribution < 1.29 is 23.7 Å². The molecule has 1 amide bonds. The SMILES string of the molecule is CCCOc1ccc(Oc2ncccc2CNC(=O)Cc2ccc(OC)c(OC)c2)cc1. The van der Waals surface area contributed by atoms with Crippen molar-refractivity contribution in [1.29, 1.82) is 0 Å². The first-order chi connectivity index (χ1) is 15.6. The number of nitrogens with one attached hydrogen (secondary N) is 1. The molecular formula is C25H28N2O5. The van der Waals surface area contributed by atoms with Crippen LogP contribution in [0.25, 0.3) is 0 Å². The fraction of sp³-hybridized carbons (Fsp3) is 0.280. The van der Waals surface area contributed by atoms with Crippen LogP contribution >= 0.6 is 0 Å². The van der Waals surface area contributed by atoms with Crippen molar-refractivity contribution in [3.63, 3.8) is 0 Å². The Labute approximate surface area is 188 Å². The molecule has 1 heterocycles. The molecule has 0 aliphatic rings. The summed E-state index contributed by atoms with van der Waals surface area (Å²) in [7, 11) is 3.14. The van der Waals surface area contributed by atoms with Crippen LogP contribution in [-0.4, -0.2) is 31.7 Å². The van der Waals surface area contributed by atoms with E-state index in [1.807, 2.05) is 42.5 Å². The van der Waals surface area contributed by atoms with Crippen molar-refractivity contribution in [3.8, 4) is 28.9 Å². The molecule has 0 aliphatic heterocycles. The van der Waals surface area contributed by atoms with Crippen LogP contribution in [0.3, 0.4) is 0 Å². The lowest BCUT2D eigenvalue weighted by molar-refractivity contribution is -0.120. The van der Waals surface area contributed by atoms with E-state index in [1.54, 1.807) is 32.5 Å². The van der Waals surface area contributed by atoms with Crippen molar-refractivity contribution >= 4 is 5.91 Å². The summed E-state index contributed by atoms with van der Waals surface area (Å²) in [6, 6.07) is 16.5. The number of carbonyl (C=O) groups excluding carboxylic acids is 1. The fourth-order valence-corrected chi connectivity index (χ4v) is 3.02. The Kier molecular flexibility index (Phi) is 8.31. The number of nitrogens with zero attached hydrogens (tertiary/aromatic N) is 1. The summed E-state index contributed by atoms with van der Waals surface area (Å²) in [6.07, 6.45) is 2.83. The summed E-state index contributed by atoms with van der Waals surface area (Å²) in [5.74, 6) is 2.98. The van der Waals surface area contributed by atoms with Gasteiger partial charge >= 0.3 is 0 Å². The van der Waals surface area contributed by atoms with E-state index < -0.39 is 0 Å². The first kappa shape index (κ1) is 22.9. The summed E-state index contributed by atoms with van der Waals surface area (Å²) in [6.45, 7) is 3.04. The molecule has 32 heavy (non-hydrogen) atoms. The summed E-state index contributed by atoms with van der Waals surface area (Å²) < 4.78 is 22.0. The zero-order chi connectivity index (χ0) is 22.8. The molecule has 0 spiro atoms. The van der Waals surface area contributed by atoms with E-state index in [-0.39, 0.29) is 12.3 Å². The number of ether oxygens (including phenoxy) is 4. The van der Waals surface area contributed by atoms with Gasteiger partial charge in [-0.3, -0.25) is 4.79 Å². The van der Waals surface area contributed by atoms with E-state index in [1.165, 1.54) is 0 Å². The highest BCUT2D eigenvalue weighted by molar-refractivity contribution is 5.78. The molecule has 0 aliphatic carbocycles. The lowest BCUT2D eigenvalue weighted by Gasteiger charge is -2.12. The Balaban J connectivity index is 1.59. The molecule has 0 saturated heterocycles. The van der Waals surface area contributed by atoms with E-state index >= 15 is 0 Å². The Morgan fingerprint density at radius 2 is 1.72 bits per heavy atom. The molecule has 0 unspecified atom stereocenters. The van der Waals surface area contributed by atoms with Gasteiger partial charge in [-0.05, 0) is 54.4 Å². The predicted octanol–water partition coefficient (Wildman–Crippen LogP) is 4.54. The maximum atomic E-state index is 12.5. The maximum Gasteiger partial charge on any atom is 0.224 e. The van der Waals surface area contributed by atoms with Gasteiger partial charge in [-0.1, -0.05) is 19.1 Å². The second-order valence-corrected chi connectivity index (χ2v) is 7.03. The van der Waals surface area contributed by atoms with Gasteiger partial charge in [0.05, 0.1) is 27.2 Å². The largest absolute Gasteiger partial charge is 0.494 e. The minimum absolute atomic E-state index is 0.121. The number of hydrogen-bond donors (Lipinski definition) is 1. The average molecular weight is 437 g/mol. The van der Waals surface area contributed by atoms with Crippen LogP contribution < -0.4 is 24.3 Å². The predicted molar refractivity (Wildman–Crippen MR) is 122 cm³/mol. The van der Waals surface area contributed by atoms with Gasteiger partial charge in [-0.25, -0.2) is 4.98 Å². The third-order valence-electron chi connectivity index (χ3n) is 4.65. The molecule has 1 N–H and O–H groups in total. The van der Waals surface area contributed by atoms with Gasteiger partial charge in [0, 0.05) is 18.3 Å². The van der Waals surface area contributed by atoms with Gasteiger partial charge in [-0.15, -0.1) is 0 Å².